The molecule has 176 valence electrons. The summed E-state index contributed by atoms with van der Waals surface area (Å²) in [6, 6.07) is 7.87. The smallest absolute Gasteiger partial charge is 0.252 e. The number of rotatable bonds is 6. The molecular formula is C25H25ClFN5O2. The van der Waals surface area contributed by atoms with Gasteiger partial charge in [0.2, 0.25) is 0 Å². The highest BCUT2D eigenvalue weighted by atomic mass is 35.5. The molecule has 3 aromatic rings. The van der Waals surface area contributed by atoms with Crippen LogP contribution >= 0.6 is 11.6 Å². The van der Waals surface area contributed by atoms with Crippen molar-refractivity contribution in [3.63, 3.8) is 0 Å². The number of nitrogens with one attached hydrogen (secondary N) is 2. The number of halogens is 2. The van der Waals surface area contributed by atoms with Gasteiger partial charge in [-0.05, 0) is 56.3 Å². The number of aromatic nitrogens is 2. The highest BCUT2D eigenvalue weighted by molar-refractivity contribution is 6.30. The summed E-state index contributed by atoms with van der Waals surface area (Å²) in [4.78, 5) is 24.0. The highest BCUT2D eigenvalue weighted by Crippen LogP contribution is 2.40. The van der Waals surface area contributed by atoms with Crippen molar-refractivity contribution in [2.24, 2.45) is 0 Å². The average Bonchev–Trinajstić information content (AvgIpc) is 3.38. The first-order chi connectivity index (χ1) is 16.6. The maximum atomic E-state index is 14.6. The largest absolute Gasteiger partial charge is 0.487 e. The minimum atomic E-state index is -0.427. The van der Waals surface area contributed by atoms with E-state index in [1.165, 1.54) is 25.0 Å². The van der Waals surface area contributed by atoms with Crippen LogP contribution in [0.3, 0.4) is 0 Å². The van der Waals surface area contributed by atoms with Gasteiger partial charge in [0.15, 0.2) is 11.6 Å². The maximum Gasteiger partial charge on any atom is 0.252 e. The van der Waals surface area contributed by atoms with E-state index in [1.807, 2.05) is 0 Å². The summed E-state index contributed by atoms with van der Waals surface area (Å²) < 4.78 is 20.5. The van der Waals surface area contributed by atoms with Crippen LogP contribution in [0.2, 0.25) is 5.02 Å². The lowest BCUT2D eigenvalue weighted by Crippen LogP contribution is -2.33. The van der Waals surface area contributed by atoms with Crippen LogP contribution in [0.15, 0.2) is 42.7 Å². The molecule has 2 aromatic heterocycles. The third kappa shape index (κ3) is 4.83. The standard InChI is InChI=1S/C25H25ClFN5O2/c26-18-3-4-21(27)20(12-18)22-13-19(23-24(31-22)29-6-10-34-23)16-11-17(15-28-14-16)25(33)30-5-9-32-7-1-2-8-32/h3-4,11-15H,1-2,5-10H2,(H,29,31)(H,30,33). The zero-order chi connectivity index (χ0) is 23.5. The van der Waals surface area contributed by atoms with Gasteiger partial charge in [0.25, 0.3) is 5.91 Å². The van der Waals surface area contributed by atoms with Gasteiger partial charge in [0, 0.05) is 47.2 Å². The second kappa shape index (κ2) is 9.95. The summed E-state index contributed by atoms with van der Waals surface area (Å²) >= 11 is 6.11. The minimum Gasteiger partial charge on any atom is -0.487 e. The number of nitrogens with zero attached hydrogens (tertiary/aromatic N) is 3. The lowest BCUT2D eigenvalue weighted by Gasteiger charge is -2.22. The topological polar surface area (TPSA) is 79.4 Å². The number of fused-ring (bicyclic) bond motifs is 1. The van der Waals surface area contributed by atoms with E-state index in [0.29, 0.717) is 58.7 Å². The predicted molar refractivity (Wildman–Crippen MR) is 130 cm³/mol. The Labute approximate surface area is 202 Å². The Morgan fingerprint density at radius 2 is 2.03 bits per heavy atom. The van der Waals surface area contributed by atoms with Crippen LogP contribution in [0.5, 0.6) is 5.75 Å². The lowest BCUT2D eigenvalue weighted by molar-refractivity contribution is 0.0949. The van der Waals surface area contributed by atoms with E-state index >= 15 is 0 Å². The number of likely N-dealkylation sites (tertiary alicyclic amines) is 1. The fraction of sp³-hybridized carbons (Fsp3) is 0.320. The van der Waals surface area contributed by atoms with E-state index in [4.69, 9.17) is 16.3 Å². The normalized spacial score (nSPS) is 15.4. The van der Waals surface area contributed by atoms with Gasteiger partial charge >= 0.3 is 0 Å². The molecule has 2 aliphatic rings. The van der Waals surface area contributed by atoms with E-state index in [1.54, 1.807) is 30.6 Å². The summed E-state index contributed by atoms with van der Waals surface area (Å²) in [5.41, 5.74) is 2.49. The fourth-order valence-electron chi connectivity index (χ4n) is 4.32. The van der Waals surface area contributed by atoms with Gasteiger partial charge < -0.3 is 20.3 Å². The van der Waals surface area contributed by atoms with E-state index in [-0.39, 0.29) is 11.5 Å². The first-order valence-corrected chi connectivity index (χ1v) is 11.8. The number of hydrogen-bond donors (Lipinski definition) is 2. The van der Waals surface area contributed by atoms with Crippen molar-refractivity contribution in [2.45, 2.75) is 12.8 Å². The average molecular weight is 482 g/mol. The van der Waals surface area contributed by atoms with Gasteiger partial charge in [-0.25, -0.2) is 9.37 Å². The Bertz CT molecular complexity index is 1220. The Morgan fingerprint density at radius 1 is 1.18 bits per heavy atom. The number of benzene rings is 1. The molecule has 0 unspecified atom stereocenters. The molecule has 7 nitrogen and oxygen atoms in total. The van der Waals surface area contributed by atoms with Crippen LogP contribution in [0, 0.1) is 5.82 Å². The molecule has 9 heteroatoms. The molecule has 0 saturated carbocycles. The predicted octanol–water partition coefficient (Wildman–Crippen LogP) is 4.23. The van der Waals surface area contributed by atoms with Gasteiger partial charge in [-0.1, -0.05) is 11.6 Å². The summed E-state index contributed by atoms with van der Waals surface area (Å²) in [6.45, 7) is 4.65. The van der Waals surface area contributed by atoms with E-state index < -0.39 is 5.82 Å². The van der Waals surface area contributed by atoms with Gasteiger partial charge in [0.05, 0.1) is 17.8 Å². The number of anilines is 1. The summed E-state index contributed by atoms with van der Waals surface area (Å²) in [5, 5.41) is 6.60. The molecule has 1 saturated heterocycles. The van der Waals surface area contributed by atoms with Crippen molar-refractivity contribution in [1.29, 1.82) is 0 Å². The fourth-order valence-corrected chi connectivity index (χ4v) is 4.49. The molecule has 34 heavy (non-hydrogen) atoms. The molecule has 2 N–H and O–H groups in total. The Kier molecular flexibility index (Phi) is 6.60. The SMILES string of the molecule is O=C(NCCN1CCCC1)c1cncc(-c2cc(-c3cc(Cl)ccc3F)nc3c2OCCN3)c1. The van der Waals surface area contributed by atoms with Crippen molar-refractivity contribution in [3.8, 4) is 28.1 Å². The monoisotopic (exact) mass is 481 g/mol. The maximum absolute atomic E-state index is 14.6. The number of ether oxygens (including phenoxy) is 1. The van der Waals surface area contributed by atoms with Crippen LogP contribution < -0.4 is 15.4 Å². The van der Waals surface area contributed by atoms with E-state index in [2.05, 4.69) is 25.5 Å². The Hall–Kier alpha value is -3.23. The molecule has 4 heterocycles. The summed E-state index contributed by atoms with van der Waals surface area (Å²) in [6.07, 6.45) is 5.63. The minimum absolute atomic E-state index is 0.184. The van der Waals surface area contributed by atoms with Crippen LogP contribution in [0.1, 0.15) is 23.2 Å². The molecule has 0 atom stereocenters. The molecule has 1 fully saturated rings. The van der Waals surface area contributed by atoms with Crippen molar-refractivity contribution in [3.05, 3.63) is 59.1 Å². The molecule has 0 spiro atoms. The van der Waals surface area contributed by atoms with Crippen molar-refractivity contribution in [1.82, 2.24) is 20.2 Å². The molecule has 2 aliphatic heterocycles. The first kappa shape index (κ1) is 22.6. The van der Waals surface area contributed by atoms with Crippen LogP contribution in [-0.4, -0.2) is 60.1 Å². The second-order valence-corrected chi connectivity index (χ2v) is 8.84. The molecule has 0 radical (unpaired) electrons. The van der Waals surface area contributed by atoms with E-state index in [9.17, 15) is 9.18 Å². The van der Waals surface area contributed by atoms with Crippen molar-refractivity contribution >= 4 is 23.3 Å². The molecule has 1 aromatic carbocycles. The second-order valence-electron chi connectivity index (χ2n) is 8.40. The van der Waals surface area contributed by atoms with Gasteiger partial charge in [-0.3, -0.25) is 9.78 Å². The molecular weight excluding hydrogens is 457 g/mol. The Morgan fingerprint density at radius 3 is 2.88 bits per heavy atom. The first-order valence-electron chi connectivity index (χ1n) is 11.4. The molecule has 0 aliphatic carbocycles. The van der Waals surface area contributed by atoms with Crippen molar-refractivity contribution < 1.29 is 13.9 Å². The number of pyridine rings is 2. The lowest BCUT2D eigenvalue weighted by atomic mass is 10.0. The zero-order valence-electron chi connectivity index (χ0n) is 18.6. The number of amides is 1. The van der Waals surface area contributed by atoms with Gasteiger partial charge in [0.1, 0.15) is 12.4 Å². The van der Waals surface area contributed by atoms with Crippen LogP contribution in [0.4, 0.5) is 10.2 Å². The molecule has 1 amide bonds. The number of carbonyl (C=O) groups is 1. The third-order valence-corrected chi connectivity index (χ3v) is 6.28. The highest BCUT2D eigenvalue weighted by Gasteiger charge is 2.22. The molecule has 5 rings (SSSR count). The van der Waals surface area contributed by atoms with Gasteiger partial charge in [-0.2, -0.15) is 0 Å². The van der Waals surface area contributed by atoms with Gasteiger partial charge in [-0.15, -0.1) is 0 Å². The third-order valence-electron chi connectivity index (χ3n) is 6.04. The van der Waals surface area contributed by atoms with Crippen LogP contribution in [0.25, 0.3) is 22.4 Å². The zero-order valence-corrected chi connectivity index (χ0v) is 19.4. The number of carbonyl (C=O) groups excluding carboxylic acids is 1. The van der Waals surface area contributed by atoms with E-state index in [0.717, 1.165) is 19.6 Å². The molecule has 0 bridgehead atoms. The quantitative estimate of drug-likeness (QED) is 0.548. The Balaban J connectivity index is 1.45. The summed E-state index contributed by atoms with van der Waals surface area (Å²) in [5.74, 6) is 0.449. The summed E-state index contributed by atoms with van der Waals surface area (Å²) in [7, 11) is 0. The van der Waals surface area contributed by atoms with Crippen LogP contribution in [-0.2, 0) is 0 Å². The number of hydrogen-bond acceptors (Lipinski definition) is 6. The van der Waals surface area contributed by atoms with Crippen molar-refractivity contribution in [2.75, 3.05) is 44.6 Å².